The van der Waals surface area contributed by atoms with Gasteiger partial charge in [0.2, 0.25) is 0 Å². The predicted molar refractivity (Wildman–Crippen MR) is 80.9 cm³/mol. The van der Waals surface area contributed by atoms with Gasteiger partial charge in [-0.05, 0) is 37.1 Å². The second-order valence-corrected chi connectivity index (χ2v) is 4.71. The molecule has 0 fully saturated rings. The van der Waals surface area contributed by atoms with Crippen molar-refractivity contribution in [2.75, 3.05) is 0 Å². The Kier molecular flexibility index (Phi) is 5.93. The number of furan rings is 1. The molecule has 0 saturated heterocycles. The first-order valence-electron chi connectivity index (χ1n) is 6.35. The summed E-state index contributed by atoms with van der Waals surface area (Å²) in [5.41, 5.74) is 7.12. The molecule has 0 aliphatic rings. The lowest BCUT2D eigenvalue weighted by molar-refractivity contribution is 0.0939. The highest BCUT2D eigenvalue weighted by molar-refractivity contribution is 5.94. The van der Waals surface area contributed by atoms with Gasteiger partial charge >= 0.3 is 0 Å². The van der Waals surface area contributed by atoms with Crippen LogP contribution in [0.2, 0.25) is 0 Å². The fraction of sp³-hybridized carbons (Fsp3) is 0.267. The van der Waals surface area contributed by atoms with E-state index in [0.29, 0.717) is 22.5 Å². The molecule has 2 aromatic rings. The summed E-state index contributed by atoms with van der Waals surface area (Å²) in [6.45, 7) is 3.74. The third kappa shape index (κ3) is 4.06. The van der Waals surface area contributed by atoms with E-state index in [4.69, 9.17) is 10.2 Å². The van der Waals surface area contributed by atoms with Crippen molar-refractivity contribution in [1.29, 1.82) is 0 Å². The van der Waals surface area contributed by atoms with Crippen molar-refractivity contribution in [2.45, 2.75) is 26.4 Å². The number of hydrogen-bond acceptors (Lipinski definition) is 3. The van der Waals surface area contributed by atoms with Gasteiger partial charge in [-0.1, -0.05) is 12.1 Å². The Morgan fingerprint density at radius 3 is 2.71 bits per heavy atom. The van der Waals surface area contributed by atoms with Gasteiger partial charge in [0.05, 0.1) is 18.2 Å². The standard InChI is InChI=1S/C15H17FN2O2.ClH/c1-9-3-4-11(6-14(9)16)10(2)18-15(19)12-5-13(7-17)20-8-12;/h3-6,8,10H,7,17H2,1-2H3,(H,18,19);1H. The van der Waals surface area contributed by atoms with Crippen LogP contribution >= 0.6 is 12.4 Å². The number of amides is 1. The van der Waals surface area contributed by atoms with E-state index >= 15 is 0 Å². The van der Waals surface area contributed by atoms with Crippen molar-refractivity contribution in [2.24, 2.45) is 5.73 Å². The van der Waals surface area contributed by atoms with Crippen LogP contribution in [0.25, 0.3) is 0 Å². The zero-order valence-electron chi connectivity index (χ0n) is 11.9. The van der Waals surface area contributed by atoms with Gasteiger partial charge in [-0.25, -0.2) is 4.39 Å². The van der Waals surface area contributed by atoms with Crippen molar-refractivity contribution in [3.63, 3.8) is 0 Å². The number of carbonyl (C=O) groups is 1. The van der Waals surface area contributed by atoms with Gasteiger partial charge in [0.1, 0.15) is 17.8 Å². The van der Waals surface area contributed by atoms with E-state index in [0.717, 1.165) is 0 Å². The third-order valence-corrected chi connectivity index (χ3v) is 3.16. The Morgan fingerprint density at radius 1 is 1.43 bits per heavy atom. The zero-order valence-corrected chi connectivity index (χ0v) is 12.7. The number of aryl methyl sites for hydroxylation is 1. The second-order valence-electron chi connectivity index (χ2n) is 4.71. The van der Waals surface area contributed by atoms with Crippen molar-refractivity contribution in [1.82, 2.24) is 5.32 Å². The van der Waals surface area contributed by atoms with Crippen LogP contribution in [-0.4, -0.2) is 5.91 Å². The van der Waals surface area contributed by atoms with Gasteiger partial charge in [-0.2, -0.15) is 0 Å². The maximum Gasteiger partial charge on any atom is 0.255 e. The third-order valence-electron chi connectivity index (χ3n) is 3.16. The summed E-state index contributed by atoms with van der Waals surface area (Å²) in [6, 6.07) is 6.22. The molecule has 3 N–H and O–H groups in total. The Hall–Kier alpha value is -1.85. The average Bonchev–Trinajstić information content (AvgIpc) is 2.90. The molecule has 1 aromatic carbocycles. The van der Waals surface area contributed by atoms with E-state index in [1.165, 1.54) is 12.3 Å². The van der Waals surface area contributed by atoms with Crippen LogP contribution in [0.5, 0.6) is 0 Å². The van der Waals surface area contributed by atoms with Crippen LogP contribution in [0.4, 0.5) is 4.39 Å². The highest BCUT2D eigenvalue weighted by Crippen LogP contribution is 2.17. The maximum absolute atomic E-state index is 13.5. The molecule has 0 spiro atoms. The Labute approximate surface area is 128 Å². The zero-order chi connectivity index (χ0) is 14.7. The molecule has 0 saturated carbocycles. The fourth-order valence-electron chi connectivity index (χ4n) is 1.85. The van der Waals surface area contributed by atoms with Crippen LogP contribution in [0.15, 0.2) is 34.9 Å². The number of benzene rings is 1. The number of rotatable bonds is 4. The van der Waals surface area contributed by atoms with Crippen LogP contribution in [0.3, 0.4) is 0 Å². The quantitative estimate of drug-likeness (QED) is 0.911. The molecule has 0 aliphatic heterocycles. The van der Waals surface area contributed by atoms with Crippen LogP contribution in [-0.2, 0) is 6.54 Å². The molecule has 0 bridgehead atoms. The molecule has 6 heteroatoms. The van der Waals surface area contributed by atoms with Crippen LogP contribution < -0.4 is 11.1 Å². The van der Waals surface area contributed by atoms with Gasteiger partial charge in [-0.15, -0.1) is 12.4 Å². The molecule has 1 unspecified atom stereocenters. The molecule has 2 rings (SSSR count). The normalized spacial score (nSPS) is 11.6. The summed E-state index contributed by atoms with van der Waals surface area (Å²) < 4.78 is 18.6. The molecule has 1 atom stereocenters. The first-order valence-corrected chi connectivity index (χ1v) is 6.35. The van der Waals surface area contributed by atoms with E-state index in [1.54, 1.807) is 32.0 Å². The van der Waals surface area contributed by atoms with E-state index < -0.39 is 0 Å². The number of carbonyl (C=O) groups excluding carboxylic acids is 1. The van der Waals surface area contributed by atoms with Crippen molar-refractivity contribution in [3.8, 4) is 0 Å². The predicted octanol–water partition coefficient (Wildman–Crippen LogP) is 3.10. The molecule has 1 aromatic heterocycles. The van der Waals surface area contributed by atoms with Crippen LogP contribution in [0.1, 0.15) is 40.2 Å². The lowest BCUT2D eigenvalue weighted by atomic mass is 10.1. The maximum atomic E-state index is 13.5. The highest BCUT2D eigenvalue weighted by Gasteiger charge is 2.14. The first-order chi connectivity index (χ1) is 9.51. The minimum atomic E-state index is -0.297. The lowest BCUT2D eigenvalue weighted by Gasteiger charge is -2.14. The Balaban J connectivity index is 0.00000220. The molecule has 21 heavy (non-hydrogen) atoms. The van der Waals surface area contributed by atoms with E-state index in [2.05, 4.69) is 5.32 Å². The SMILES string of the molecule is Cc1ccc(C(C)NC(=O)c2coc(CN)c2)cc1F.Cl. The molecule has 0 aliphatic carbocycles. The monoisotopic (exact) mass is 312 g/mol. The highest BCUT2D eigenvalue weighted by atomic mass is 35.5. The number of nitrogens with two attached hydrogens (primary N) is 1. The summed E-state index contributed by atoms with van der Waals surface area (Å²) >= 11 is 0. The van der Waals surface area contributed by atoms with E-state index in [9.17, 15) is 9.18 Å². The topological polar surface area (TPSA) is 68.3 Å². The Bertz CT molecular complexity index is 628. The summed E-state index contributed by atoms with van der Waals surface area (Å²) in [7, 11) is 0. The van der Waals surface area contributed by atoms with Crippen LogP contribution in [0, 0.1) is 12.7 Å². The minimum Gasteiger partial charge on any atom is -0.467 e. The second kappa shape index (κ2) is 7.24. The van der Waals surface area contributed by atoms with Gasteiger partial charge in [0.15, 0.2) is 0 Å². The lowest BCUT2D eigenvalue weighted by Crippen LogP contribution is -2.26. The smallest absolute Gasteiger partial charge is 0.255 e. The van der Waals surface area contributed by atoms with Gasteiger partial charge < -0.3 is 15.5 Å². The number of hydrogen-bond donors (Lipinski definition) is 2. The summed E-state index contributed by atoms with van der Waals surface area (Å²) in [5.74, 6) is -0.0107. The van der Waals surface area contributed by atoms with Crippen molar-refractivity contribution < 1.29 is 13.6 Å². The van der Waals surface area contributed by atoms with Gasteiger partial charge in [0.25, 0.3) is 5.91 Å². The minimum absolute atomic E-state index is 0. The molecule has 4 nitrogen and oxygen atoms in total. The van der Waals surface area contributed by atoms with Crippen molar-refractivity contribution in [3.05, 3.63) is 58.8 Å². The number of nitrogens with one attached hydrogen (secondary N) is 1. The summed E-state index contributed by atoms with van der Waals surface area (Å²) in [5, 5.41) is 2.79. The number of halogens is 2. The largest absolute Gasteiger partial charge is 0.467 e. The molecule has 1 heterocycles. The molecule has 1 amide bonds. The molecule has 114 valence electrons. The molecular formula is C15H18ClFN2O2. The van der Waals surface area contributed by atoms with Crippen molar-refractivity contribution >= 4 is 18.3 Å². The summed E-state index contributed by atoms with van der Waals surface area (Å²) in [6.07, 6.45) is 1.36. The van der Waals surface area contributed by atoms with Gasteiger partial charge in [0, 0.05) is 0 Å². The fourth-order valence-corrected chi connectivity index (χ4v) is 1.85. The van der Waals surface area contributed by atoms with E-state index in [1.807, 2.05) is 0 Å². The average molecular weight is 313 g/mol. The molecule has 0 radical (unpaired) electrons. The summed E-state index contributed by atoms with van der Waals surface area (Å²) in [4.78, 5) is 12.0. The Morgan fingerprint density at radius 2 is 2.14 bits per heavy atom. The van der Waals surface area contributed by atoms with Gasteiger partial charge in [-0.3, -0.25) is 4.79 Å². The van der Waals surface area contributed by atoms with E-state index in [-0.39, 0.29) is 36.7 Å². The molecular weight excluding hydrogens is 295 g/mol. The first kappa shape index (κ1) is 17.2.